The number of nitrogens with zero attached hydrogens (tertiary/aromatic N) is 1. The van der Waals surface area contributed by atoms with Crippen molar-refractivity contribution in [3.8, 4) is 0 Å². The van der Waals surface area contributed by atoms with Crippen LogP contribution in [0, 0.1) is 5.92 Å². The standard InChI is InChI=1S/C20H31NO3/c1-7-10-16(2)19(22)21(15-24-14-13-23-6)18-12-9-8-11-17(18)20(3,4)5/h7-9,11-12,16H,1,10,13-15H2,2-6H3/t16-/m1/s1. The van der Waals surface area contributed by atoms with Crippen LogP contribution in [0.5, 0.6) is 0 Å². The molecule has 0 spiro atoms. The molecule has 0 radical (unpaired) electrons. The van der Waals surface area contributed by atoms with Crippen molar-refractivity contribution in [1.29, 1.82) is 0 Å². The van der Waals surface area contributed by atoms with Crippen molar-refractivity contribution in [3.63, 3.8) is 0 Å². The van der Waals surface area contributed by atoms with Gasteiger partial charge in [0.2, 0.25) is 5.91 Å². The Morgan fingerprint density at radius 3 is 2.54 bits per heavy atom. The number of allylic oxidation sites excluding steroid dienone is 1. The molecule has 1 aromatic carbocycles. The Bertz CT molecular complexity index is 534. The monoisotopic (exact) mass is 333 g/mol. The number of hydrogen-bond donors (Lipinski definition) is 0. The minimum Gasteiger partial charge on any atom is -0.382 e. The van der Waals surface area contributed by atoms with Gasteiger partial charge in [-0.05, 0) is 23.5 Å². The van der Waals surface area contributed by atoms with Gasteiger partial charge in [0.1, 0.15) is 6.73 Å². The second-order valence-corrected chi connectivity index (χ2v) is 6.99. The fraction of sp³-hybridized carbons (Fsp3) is 0.550. The maximum atomic E-state index is 12.9. The summed E-state index contributed by atoms with van der Waals surface area (Å²) in [5, 5.41) is 0. The fourth-order valence-electron chi connectivity index (χ4n) is 2.51. The van der Waals surface area contributed by atoms with Crippen molar-refractivity contribution >= 4 is 11.6 Å². The lowest BCUT2D eigenvalue weighted by Crippen LogP contribution is -2.38. The molecule has 1 atom stereocenters. The maximum absolute atomic E-state index is 12.9. The van der Waals surface area contributed by atoms with Crippen LogP contribution in [0.15, 0.2) is 36.9 Å². The van der Waals surface area contributed by atoms with Crippen LogP contribution < -0.4 is 4.90 Å². The van der Waals surface area contributed by atoms with Gasteiger partial charge in [-0.25, -0.2) is 0 Å². The van der Waals surface area contributed by atoms with E-state index in [0.29, 0.717) is 19.6 Å². The molecular formula is C20H31NO3. The minimum atomic E-state index is -0.137. The molecule has 0 saturated carbocycles. The first-order valence-corrected chi connectivity index (χ1v) is 8.41. The van der Waals surface area contributed by atoms with Crippen LogP contribution in [0.3, 0.4) is 0 Å². The number of hydrogen-bond acceptors (Lipinski definition) is 3. The number of carbonyl (C=O) groups excluding carboxylic acids is 1. The Balaban J connectivity index is 3.13. The van der Waals surface area contributed by atoms with E-state index < -0.39 is 0 Å². The van der Waals surface area contributed by atoms with E-state index in [4.69, 9.17) is 9.47 Å². The number of anilines is 1. The van der Waals surface area contributed by atoms with Crippen molar-refractivity contribution in [2.75, 3.05) is 32.0 Å². The molecule has 1 amide bonds. The zero-order chi connectivity index (χ0) is 18.2. The van der Waals surface area contributed by atoms with Crippen LogP contribution in [0.1, 0.15) is 39.7 Å². The molecule has 134 valence electrons. The summed E-state index contributed by atoms with van der Waals surface area (Å²) >= 11 is 0. The summed E-state index contributed by atoms with van der Waals surface area (Å²) in [6.45, 7) is 13.3. The van der Waals surface area contributed by atoms with Gasteiger partial charge >= 0.3 is 0 Å². The number of carbonyl (C=O) groups is 1. The van der Waals surface area contributed by atoms with Crippen LogP contribution in [-0.2, 0) is 19.7 Å². The first-order chi connectivity index (χ1) is 11.3. The van der Waals surface area contributed by atoms with Gasteiger partial charge in [-0.3, -0.25) is 9.69 Å². The number of rotatable bonds is 9. The first kappa shape index (κ1) is 20.4. The molecule has 0 fully saturated rings. The molecule has 0 heterocycles. The van der Waals surface area contributed by atoms with Gasteiger partial charge in [0, 0.05) is 18.7 Å². The quantitative estimate of drug-likeness (QED) is 0.387. The molecule has 4 heteroatoms. The molecule has 1 rings (SSSR count). The van der Waals surface area contributed by atoms with E-state index in [0.717, 1.165) is 11.3 Å². The molecule has 0 aliphatic rings. The van der Waals surface area contributed by atoms with Crippen LogP contribution in [0.4, 0.5) is 5.69 Å². The van der Waals surface area contributed by atoms with Gasteiger partial charge in [-0.2, -0.15) is 0 Å². The number of ether oxygens (including phenoxy) is 2. The molecule has 0 unspecified atom stereocenters. The second kappa shape index (κ2) is 9.60. The molecule has 0 aromatic heterocycles. The topological polar surface area (TPSA) is 38.8 Å². The molecule has 1 aromatic rings. The molecule has 0 aliphatic heterocycles. The molecule has 4 nitrogen and oxygen atoms in total. The summed E-state index contributed by atoms with van der Waals surface area (Å²) in [5.74, 6) is -0.0921. The van der Waals surface area contributed by atoms with Gasteiger partial charge in [0.15, 0.2) is 0 Å². The Morgan fingerprint density at radius 1 is 1.29 bits per heavy atom. The van der Waals surface area contributed by atoms with Gasteiger partial charge in [-0.1, -0.05) is 52.0 Å². The van der Waals surface area contributed by atoms with Crippen molar-refractivity contribution in [2.24, 2.45) is 5.92 Å². The highest BCUT2D eigenvalue weighted by atomic mass is 16.5. The Labute approximate surface area is 146 Å². The molecule has 0 aliphatic carbocycles. The average molecular weight is 333 g/mol. The smallest absolute Gasteiger partial charge is 0.232 e. The van der Waals surface area contributed by atoms with E-state index in [-0.39, 0.29) is 24.0 Å². The number of benzene rings is 1. The van der Waals surface area contributed by atoms with Crippen LogP contribution in [0.25, 0.3) is 0 Å². The average Bonchev–Trinajstić information content (AvgIpc) is 2.54. The van der Waals surface area contributed by atoms with Gasteiger partial charge in [-0.15, -0.1) is 6.58 Å². The Morgan fingerprint density at radius 2 is 1.96 bits per heavy atom. The lowest BCUT2D eigenvalue weighted by molar-refractivity contribution is -0.123. The van der Waals surface area contributed by atoms with E-state index in [1.165, 1.54) is 0 Å². The molecule has 24 heavy (non-hydrogen) atoms. The van der Waals surface area contributed by atoms with Crippen molar-refractivity contribution in [3.05, 3.63) is 42.5 Å². The molecule has 0 saturated heterocycles. The zero-order valence-electron chi connectivity index (χ0n) is 15.7. The summed E-state index contributed by atoms with van der Waals surface area (Å²) in [5.41, 5.74) is 1.96. The third kappa shape index (κ3) is 5.77. The van der Waals surface area contributed by atoms with Crippen LogP contribution in [-0.4, -0.2) is 33.0 Å². The van der Waals surface area contributed by atoms with Gasteiger partial charge in [0.25, 0.3) is 0 Å². The van der Waals surface area contributed by atoms with Crippen molar-refractivity contribution in [2.45, 2.75) is 39.5 Å². The van der Waals surface area contributed by atoms with Gasteiger partial charge < -0.3 is 9.47 Å². The Hall–Kier alpha value is -1.65. The Kier molecular flexibility index (Phi) is 8.16. The lowest BCUT2D eigenvalue weighted by Gasteiger charge is -2.31. The largest absolute Gasteiger partial charge is 0.382 e. The number of amides is 1. The van der Waals surface area contributed by atoms with E-state index in [1.807, 2.05) is 25.1 Å². The van der Waals surface area contributed by atoms with Crippen molar-refractivity contribution < 1.29 is 14.3 Å². The normalized spacial score (nSPS) is 12.7. The molecule has 0 N–H and O–H groups in total. The predicted molar refractivity (Wildman–Crippen MR) is 99.3 cm³/mol. The minimum absolute atomic E-state index is 0.0454. The number of methoxy groups -OCH3 is 1. The number of para-hydroxylation sites is 1. The highest BCUT2D eigenvalue weighted by molar-refractivity contribution is 5.95. The van der Waals surface area contributed by atoms with Crippen molar-refractivity contribution in [1.82, 2.24) is 0 Å². The third-order valence-corrected chi connectivity index (χ3v) is 3.86. The SMILES string of the molecule is C=CC[C@@H](C)C(=O)N(COCCOC)c1ccccc1C(C)(C)C. The lowest BCUT2D eigenvalue weighted by atomic mass is 9.85. The summed E-state index contributed by atoms with van der Waals surface area (Å²) in [6, 6.07) is 8.02. The van der Waals surface area contributed by atoms with Crippen LogP contribution in [0.2, 0.25) is 0 Å². The molecular weight excluding hydrogens is 302 g/mol. The zero-order valence-corrected chi connectivity index (χ0v) is 15.7. The maximum Gasteiger partial charge on any atom is 0.232 e. The van der Waals surface area contributed by atoms with E-state index >= 15 is 0 Å². The summed E-state index contributed by atoms with van der Waals surface area (Å²) in [4.78, 5) is 14.7. The predicted octanol–water partition coefficient (Wildman–Crippen LogP) is 4.15. The highest BCUT2D eigenvalue weighted by Crippen LogP contribution is 2.32. The second-order valence-electron chi connectivity index (χ2n) is 6.99. The first-order valence-electron chi connectivity index (χ1n) is 8.41. The van der Waals surface area contributed by atoms with Crippen LogP contribution >= 0.6 is 0 Å². The molecule has 0 bridgehead atoms. The van der Waals surface area contributed by atoms with Gasteiger partial charge in [0.05, 0.1) is 13.2 Å². The fourth-order valence-corrected chi connectivity index (χ4v) is 2.51. The van der Waals surface area contributed by atoms with E-state index in [9.17, 15) is 4.79 Å². The summed E-state index contributed by atoms with van der Waals surface area (Å²) < 4.78 is 10.7. The highest BCUT2D eigenvalue weighted by Gasteiger charge is 2.26. The summed E-state index contributed by atoms with van der Waals surface area (Å²) in [7, 11) is 1.63. The summed E-state index contributed by atoms with van der Waals surface area (Å²) in [6.07, 6.45) is 2.42. The van der Waals surface area contributed by atoms with E-state index in [1.54, 1.807) is 18.1 Å². The van der Waals surface area contributed by atoms with E-state index in [2.05, 4.69) is 33.4 Å². The third-order valence-electron chi connectivity index (χ3n) is 3.86.